The molecule has 5 heteroatoms. The second-order valence-electron chi connectivity index (χ2n) is 4.11. The van der Waals surface area contributed by atoms with Gasteiger partial charge in [0.05, 0.1) is 16.7 Å². The molecule has 19 heavy (non-hydrogen) atoms. The molecule has 0 atom stereocenters. The van der Waals surface area contributed by atoms with Gasteiger partial charge < -0.3 is 9.52 Å². The van der Waals surface area contributed by atoms with Crippen molar-refractivity contribution in [3.8, 4) is 11.5 Å². The van der Waals surface area contributed by atoms with Gasteiger partial charge in [0.1, 0.15) is 5.52 Å². The number of hydrogen-bond acceptors (Lipinski definition) is 3. The number of oxazole rings is 1. The van der Waals surface area contributed by atoms with Crippen LogP contribution in [-0.4, -0.2) is 10.1 Å². The summed E-state index contributed by atoms with van der Waals surface area (Å²) in [4.78, 5) is 4.38. The predicted molar refractivity (Wildman–Crippen MR) is 75.4 cm³/mol. The van der Waals surface area contributed by atoms with Crippen LogP contribution in [0, 0.1) is 0 Å². The van der Waals surface area contributed by atoms with Gasteiger partial charge in [0.15, 0.2) is 5.58 Å². The molecule has 0 saturated heterocycles. The number of fused-ring (bicyclic) bond motifs is 1. The molecule has 1 aromatic heterocycles. The lowest BCUT2D eigenvalue weighted by Gasteiger charge is -1.98. The number of aromatic nitrogens is 1. The summed E-state index contributed by atoms with van der Waals surface area (Å²) in [5.74, 6) is 0.476. The average molecular weight is 294 g/mol. The number of rotatable bonds is 2. The Morgan fingerprint density at radius 2 is 1.89 bits per heavy atom. The molecule has 0 aliphatic rings. The fourth-order valence-electron chi connectivity index (χ4n) is 1.82. The first-order valence-corrected chi connectivity index (χ1v) is 6.39. The van der Waals surface area contributed by atoms with Crippen molar-refractivity contribution in [3.63, 3.8) is 0 Å². The summed E-state index contributed by atoms with van der Waals surface area (Å²) < 4.78 is 5.67. The van der Waals surface area contributed by atoms with E-state index in [-0.39, 0.29) is 6.61 Å². The van der Waals surface area contributed by atoms with Crippen molar-refractivity contribution in [2.45, 2.75) is 6.61 Å². The molecule has 0 unspecified atom stereocenters. The van der Waals surface area contributed by atoms with Crippen LogP contribution in [0.15, 0.2) is 40.8 Å². The van der Waals surface area contributed by atoms with Crippen molar-refractivity contribution in [2.24, 2.45) is 0 Å². The molecule has 0 saturated carbocycles. The van der Waals surface area contributed by atoms with E-state index in [2.05, 4.69) is 4.98 Å². The molecule has 3 aromatic rings. The summed E-state index contributed by atoms with van der Waals surface area (Å²) in [6, 6.07) is 10.6. The van der Waals surface area contributed by atoms with Crippen LogP contribution < -0.4 is 0 Å². The van der Waals surface area contributed by atoms with Crippen molar-refractivity contribution in [1.82, 2.24) is 4.98 Å². The van der Waals surface area contributed by atoms with Crippen LogP contribution >= 0.6 is 23.2 Å². The van der Waals surface area contributed by atoms with Crippen molar-refractivity contribution in [2.75, 3.05) is 0 Å². The number of halogens is 2. The van der Waals surface area contributed by atoms with E-state index in [1.54, 1.807) is 24.3 Å². The van der Waals surface area contributed by atoms with Gasteiger partial charge in [0, 0.05) is 5.56 Å². The van der Waals surface area contributed by atoms with Crippen LogP contribution in [0.2, 0.25) is 10.0 Å². The van der Waals surface area contributed by atoms with Crippen molar-refractivity contribution >= 4 is 34.3 Å². The zero-order valence-electron chi connectivity index (χ0n) is 9.73. The minimum Gasteiger partial charge on any atom is -0.436 e. The van der Waals surface area contributed by atoms with Gasteiger partial charge in [-0.05, 0) is 35.9 Å². The Balaban J connectivity index is 2.11. The molecular formula is C14H9Cl2NO2. The molecule has 0 radical (unpaired) electrons. The minimum atomic E-state index is -0.0290. The standard InChI is InChI=1S/C14H9Cl2NO2/c15-10-3-2-9(6-11(10)16)14-17-12-4-1-8(7-18)5-13(12)19-14/h1-6,18H,7H2. The Morgan fingerprint density at radius 3 is 2.63 bits per heavy atom. The van der Waals surface area contributed by atoms with E-state index < -0.39 is 0 Å². The summed E-state index contributed by atoms with van der Waals surface area (Å²) in [5, 5.41) is 10.0. The molecule has 0 amide bonds. The van der Waals surface area contributed by atoms with Crippen molar-refractivity contribution < 1.29 is 9.52 Å². The summed E-state index contributed by atoms with van der Waals surface area (Å²) >= 11 is 11.9. The zero-order chi connectivity index (χ0) is 13.4. The van der Waals surface area contributed by atoms with Crippen LogP contribution in [0.4, 0.5) is 0 Å². The van der Waals surface area contributed by atoms with E-state index in [1.807, 2.05) is 12.1 Å². The lowest BCUT2D eigenvalue weighted by Crippen LogP contribution is -1.80. The highest BCUT2D eigenvalue weighted by atomic mass is 35.5. The van der Waals surface area contributed by atoms with E-state index in [1.165, 1.54) is 0 Å². The van der Waals surface area contributed by atoms with Gasteiger partial charge >= 0.3 is 0 Å². The molecule has 0 bridgehead atoms. The van der Waals surface area contributed by atoms with Crippen LogP contribution in [0.3, 0.4) is 0 Å². The molecule has 0 aliphatic carbocycles. The largest absolute Gasteiger partial charge is 0.436 e. The highest BCUT2D eigenvalue weighted by Gasteiger charge is 2.10. The summed E-state index contributed by atoms with van der Waals surface area (Å²) in [7, 11) is 0. The van der Waals surface area contributed by atoms with Crippen LogP contribution in [0.5, 0.6) is 0 Å². The maximum atomic E-state index is 9.09. The van der Waals surface area contributed by atoms with E-state index in [4.69, 9.17) is 32.7 Å². The number of hydrogen-bond donors (Lipinski definition) is 1. The van der Waals surface area contributed by atoms with Crippen molar-refractivity contribution in [1.29, 1.82) is 0 Å². The fourth-order valence-corrected chi connectivity index (χ4v) is 2.12. The Labute approximate surface area is 119 Å². The third kappa shape index (κ3) is 2.32. The van der Waals surface area contributed by atoms with Gasteiger partial charge in [-0.25, -0.2) is 4.98 Å². The monoisotopic (exact) mass is 293 g/mol. The summed E-state index contributed by atoms with van der Waals surface area (Å²) in [6.45, 7) is -0.0290. The SMILES string of the molecule is OCc1ccc2nc(-c3ccc(Cl)c(Cl)c3)oc2c1. The zero-order valence-corrected chi connectivity index (χ0v) is 11.2. The third-order valence-electron chi connectivity index (χ3n) is 2.80. The maximum absolute atomic E-state index is 9.09. The highest BCUT2D eigenvalue weighted by molar-refractivity contribution is 6.42. The normalized spacial score (nSPS) is 11.1. The molecule has 1 heterocycles. The van der Waals surface area contributed by atoms with Gasteiger partial charge in [-0.2, -0.15) is 0 Å². The molecule has 96 valence electrons. The second kappa shape index (κ2) is 4.85. The maximum Gasteiger partial charge on any atom is 0.227 e. The Bertz CT molecular complexity index is 752. The average Bonchev–Trinajstić information content (AvgIpc) is 2.84. The van der Waals surface area contributed by atoms with Crippen LogP contribution in [-0.2, 0) is 6.61 Å². The molecule has 3 nitrogen and oxygen atoms in total. The highest BCUT2D eigenvalue weighted by Crippen LogP contribution is 2.30. The van der Waals surface area contributed by atoms with Crippen LogP contribution in [0.25, 0.3) is 22.6 Å². The van der Waals surface area contributed by atoms with E-state index in [9.17, 15) is 0 Å². The molecule has 1 N–H and O–H groups in total. The minimum absolute atomic E-state index is 0.0290. The molecule has 0 spiro atoms. The van der Waals surface area contributed by atoms with E-state index in [0.717, 1.165) is 16.6 Å². The summed E-state index contributed by atoms with van der Waals surface area (Å²) in [6.07, 6.45) is 0. The molecule has 0 aliphatic heterocycles. The van der Waals surface area contributed by atoms with Gasteiger partial charge in [0.25, 0.3) is 0 Å². The lowest BCUT2D eigenvalue weighted by molar-refractivity contribution is 0.282. The summed E-state index contributed by atoms with van der Waals surface area (Å²) in [5.41, 5.74) is 2.91. The Morgan fingerprint density at radius 1 is 1.05 bits per heavy atom. The van der Waals surface area contributed by atoms with Gasteiger partial charge in [-0.3, -0.25) is 0 Å². The number of benzene rings is 2. The van der Waals surface area contributed by atoms with E-state index in [0.29, 0.717) is 21.5 Å². The first kappa shape index (κ1) is 12.5. The topological polar surface area (TPSA) is 46.3 Å². The lowest BCUT2D eigenvalue weighted by atomic mass is 10.2. The Hall–Kier alpha value is -1.55. The number of nitrogens with zero attached hydrogens (tertiary/aromatic N) is 1. The van der Waals surface area contributed by atoms with E-state index >= 15 is 0 Å². The second-order valence-corrected chi connectivity index (χ2v) is 4.92. The Kier molecular flexibility index (Phi) is 3.19. The van der Waals surface area contributed by atoms with Gasteiger partial charge in [0.2, 0.25) is 5.89 Å². The van der Waals surface area contributed by atoms with Gasteiger partial charge in [-0.15, -0.1) is 0 Å². The molecule has 2 aromatic carbocycles. The quantitative estimate of drug-likeness (QED) is 0.766. The first-order chi connectivity index (χ1) is 9.17. The molecule has 0 fully saturated rings. The molecule has 3 rings (SSSR count). The number of aliphatic hydroxyl groups excluding tert-OH is 1. The van der Waals surface area contributed by atoms with Crippen molar-refractivity contribution in [3.05, 3.63) is 52.0 Å². The smallest absolute Gasteiger partial charge is 0.227 e. The van der Waals surface area contributed by atoms with Gasteiger partial charge in [-0.1, -0.05) is 29.3 Å². The molecular weight excluding hydrogens is 285 g/mol. The third-order valence-corrected chi connectivity index (χ3v) is 3.54. The van der Waals surface area contributed by atoms with Crippen LogP contribution in [0.1, 0.15) is 5.56 Å². The predicted octanol–water partition coefficient (Wildman–Crippen LogP) is 4.29. The first-order valence-electron chi connectivity index (χ1n) is 5.63. The fraction of sp³-hybridized carbons (Fsp3) is 0.0714. The number of aliphatic hydroxyl groups is 1.